The summed E-state index contributed by atoms with van der Waals surface area (Å²) in [5, 5.41) is 14.0. The largest absolute Gasteiger partial charge is 0.370 e. The Hall–Kier alpha value is -3.52. The molecule has 3 aliphatic heterocycles. The molecule has 0 amide bonds. The van der Waals surface area contributed by atoms with Crippen LogP contribution in [-0.4, -0.2) is 104 Å². The normalized spacial score (nSPS) is 22.7. The number of nitrogens with one attached hydrogen (secondary N) is 1. The van der Waals surface area contributed by atoms with Gasteiger partial charge >= 0.3 is 0 Å². The number of anilines is 3. The zero-order valence-electron chi connectivity index (χ0n) is 22.9. The molecule has 3 fully saturated rings. The lowest BCUT2D eigenvalue weighted by molar-refractivity contribution is -0.0327. The van der Waals surface area contributed by atoms with E-state index < -0.39 is 0 Å². The highest BCUT2D eigenvalue weighted by molar-refractivity contribution is 5.95. The van der Waals surface area contributed by atoms with Gasteiger partial charge in [0, 0.05) is 101 Å². The van der Waals surface area contributed by atoms with Crippen LogP contribution < -0.4 is 20.0 Å². The topological polar surface area (TPSA) is 96.7 Å². The van der Waals surface area contributed by atoms with Crippen molar-refractivity contribution in [3.63, 3.8) is 0 Å². The SMILES string of the molecule is Cc1cnc(N2CCN(C[C@H]3CN(c4ccc(C#N)c5ncccc45)C[C@@H](C)O3)CC2)nc1N1CCNCC1. The number of pyridine rings is 1. The summed E-state index contributed by atoms with van der Waals surface area (Å²) in [6, 6.07) is 10.2. The van der Waals surface area contributed by atoms with Crippen LogP contribution in [-0.2, 0) is 4.74 Å². The molecule has 0 aliphatic carbocycles. The van der Waals surface area contributed by atoms with Crippen LogP contribution in [0.15, 0.2) is 36.7 Å². The minimum absolute atomic E-state index is 0.109. The van der Waals surface area contributed by atoms with Gasteiger partial charge in [0.05, 0.1) is 23.3 Å². The molecule has 3 saturated heterocycles. The van der Waals surface area contributed by atoms with Crippen LogP contribution in [0, 0.1) is 18.3 Å². The van der Waals surface area contributed by atoms with Gasteiger partial charge in [-0.05, 0) is 38.1 Å². The molecule has 1 aromatic carbocycles. The Morgan fingerprint density at radius 2 is 1.82 bits per heavy atom. The first-order valence-electron chi connectivity index (χ1n) is 14.0. The highest BCUT2D eigenvalue weighted by Gasteiger charge is 2.30. The van der Waals surface area contributed by atoms with Gasteiger partial charge in [0.15, 0.2) is 0 Å². The number of fused-ring (bicyclic) bond motifs is 1. The molecule has 0 radical (unpaired) electrons. The zero-order valence-corrected chi connectivity index (χ0v) is 22.9. The van der Waals surface area contributed by atoms with Crippen molar-refractivity contribution in [1.82, 2.24) is 25.2 Å². The summed E-state index contributed by atoms with van der Waals surface area (Å²) < 4.78 is 6.41. The molecule has 0 unspecified atom stereocenters. The van der Waals surface area contributed by atoms with E-state index in [9.17, 15) is 5.26 Å². The molecule has 10 nitrogen and oxygen atoms in total. The maximum atomic E-state index is 9.54. The van der Waals surface area contributed by atoms with Crippen molar-refractivity contribution >= 4 is 28.4 Å². The second-order valence-electron chi connectivity index (χ2n) is 10.8. The van der Waals surface area contributed by atoms with E-state index in [2.05, 4.69) is 66.9 Å². The monoisotopic (exact) mass is 527 g/mol. The smallest absolute Gasteiger partial charge is 0.227 e. The van der Waals surface area contributed by atoms with Gasteiger partial charge < -0.3 is 24.8 Å². The predicted molar refractivity (Wildman–Crippen MR) is 154 cm³/mol. The highest BCUT2D eigenvalue weighted by atomic mass is 16.5. The number of benzene rings is 1. The van der Waals surface area contributed by atoms with Gasteiger partial charge in [0.1, 0.15) is 11.9 Å². The summed E-state index contributed by atoms with van der Waals surface area (Å²) in [7, 11) is 0. The Morgan fingerprint density at radius 3 is 2.62 bits per heavy atom. The number of nitrogens with zero attached hydrogens (tertiary/aromatic N) is 8. The molecule has 6 rings (SSSR count). The highest BCUT2D eigenvalue weighted by Crippen LogP contribution is 2.30. The van der Waals surface area contributed by atoms with Gasteiger partial charge in [-0.25, -0.2) is 4.98 Å². The lowest BCUT2D eigenvalue weighted by Crippen LogP contribution is -2.54. The van der Waals surface area contributed by atoms with Crippen molar-refractivity contribution in [3.05, 3.63) is 47.8 Å². The Morgan fingerprint density at radius 1 is 1.00 bits per heavy atom. The Balaban J connectivity index is 1.10. The number of hydrogen-bond acceptors (Lipinski definition) is 10. The van der Waals surface area contributed by atoms with Crippen LogP contribution >= 0.6 is 0 Å². The summed E-state index contributed by atoms with van der Waals surface area (Å²) in [5.41, 5.74) is 3.64. The number of hydrogen-bond donors (Lipinski definition) is 1. The first kappa shape index (κ1) is 25.7. The van der Waals surface area contributed by atoms with E-state index in [1.807, 2.05) is 18.3 Å². The molecule has 204 valence electrons. The van der Waals surface area contributed by atoms with Gasteiger partial charge in [0.25, 0.3) is 0 Å². The van der Waals surface area contributed by atoms with E-state index in [0.717, 1.165) is 106 Å². The van der Waals surface area contributed by atoms with Gasteiger partial charge in [0.2, 0.25) is 5.95 Å². The summed E-state index contributed by atoms with van der Waals surface area (Å²) in [5.74, 6) is 1.91. The van der Waals surface area contributed by atoms with Crippen molar-refractivity contribution in [2.75, 3.05) is 86.7 Å². The quantitative estimate of drug-likeness (QED) is 0.531. The second-order valence-corrected chi connectivity index (χ2v) is 10.8. The summed E-state index contributed by atoms with van der Waals surface area (Å²) in [6.07, 6.45) is 3.96. The fourth-order valence-corrected chi connectivity index (χ4v) is 6.06. The number of aromatic nitrogens is 3. The van der Waals surface area contributed by atoms with E-state index in [4.69, 9.17) is 9.72 Å². The van der Waals surface area contributed by atoms with Crippen molar-refractivity contribution in [1.29, 1.82) is 5.26 Å². The van der Waals surface area contributed by atoms with E-state index >= 15 is 0 Å². The number of aryl methyl sites for hydroxylation is 1. The van der Waals surface area contributed by atoms with Gasteiger partial charge in [-0.2, -0.15) is 10.2 Å². The van der Waals surface area contributed by atoms with Crippen molar-refractivity contribution in [2.45, 2.75) is 26.1 Å². The molecule has 0 spiro atoms. The van der Waals surface area contributed by atoms with E-state index in [1.54, 1.807) is 6.20 Å². The fourth-order valence-electron chi connectivity index (χ4n) is 6.06. The molecular weight excluding hydrogens is 490 g/mol. The van der Waals surface area contributed by atoms with E-state index in [1.165, 1.54) is 0 Å². The zero-order chi connectivity index (χ0) is 26.8. The first-order chi connectivity index (χ1) is 19.1. The molecule has 10 heteroatoms. The van der Waals surface area contributed by atoms with E-state index in [0.29, 0.717) is 5.56 Å². The van der Waals surface area contributed by atoms with Crippen LogP contribution in [0.25, 0.3) is 10.9 Å². The van der Waals surface area contributed by atoms with Gasteiger partial charge in [-0.3, -0.25) is 9.88 Å². The first-order valence-corrected chi connectivity index (χ1v) is 14.0. The molecule has 2 atom stereocenters. The summed E-state index contributed by atoms with van der Waals surface area (Å²) in [6.45, 7) is 14.5. The van der Waals surface area contributed by atoms with E-state index in [-0.39, 0.29) is 12.2 Å². The molecule has 3 aliphatic rings. The second kappa shape index (κ2) is 11.3. The third-order valence-corrected chi connectivity index (χ3v) is 8.00. The van der Waals surface area contributed by atoms with Crippen LogP contribution in [0.2, 0.25) is 0 Å². The lowest BCUT2D eigenvalue weighted by Gasteiger charge is -2.42. The standard InChI is InChI=1S/C29H37N9O/c1-21-17-33-29(34-28(21)36-10-8-31-9-11-36)37-14-12-35(13-15-37)19-24-20-38(18-22(2)39-24)26-6-5-23(16-30)27-25(26)4-3-7-32-27/h3-7,17,22,24,31H,8-15,18-20H2,1-2H3/t22-,24+/m1/s1. The molecule has 0 saturated carbocycles. The summed E-state index contributed by atoms with van der Waals surface area (Å²) in [4.78, 5) is 23.8. The molecule has 1 N–H and O–H groups in total. The number of nitriles is 1. The van der Waals surface area contributed by atoms with Crippen LogP contribution in [0.4, 0.5) is 17.5 Å². The Bertz CT molecular complexity index is 1340. The molecule has 3 aromatic rings. The summed E-state index contributed by atoms with van der Waals surface area (Å²) >= 11 is 0. The average molecular weight is 528 g/mol. The molecular formula is C29H37N9O. The Kier molecular flexibility index (Phi) is 7.46. The number of rotatable bonds is 5. The van der Waals surface area contributed by atoms with Crippen LogP contribution in [0.3, 0.4) is 0 Å². The molecule has 5 heterocycles. The number of piperazine rings is 2. The predicted octanol–water partition coefficient (Wildman–Crippen LogP) is 2.03. The van der Waals surface area contributed by atoms with Crippen molar-refractivity contribution in [3.8, 4) is 6.07 Å². The lowest BCUT2D eigenvalue weighted by atomic mass is 10.1. The molecule has 0 bridgehead atoms. The average Bonchev–Trinajstić information content (AvgIpc) is 2.97. The van der Waals surface area contributed by atoms with Crippen molar-refractivity contribution in [2.24, 2.45) is 0 Å². The third-order valence-electron chi connectivity index (χ3n) is 8.00. The molecule has 39 heavy (non-hydrogen) atoms. The Labute approximate surface area is 230 Å². The number of ether oxygens (including phenoxy) is 1. The van der Waals surface area contributed by atoms with Gasteiger partial charge in [-0.15, -0.1) is 0 Å². The number of morpholine rings is 1. The maximum absolute atomic E-state index is 9.54. The fraction of sp³-hybridized carbons (Fsp3) is 0.517. The third kappa shape index (κ3) is 5.48. The van der Waals surface area contributed by atoms with Crippen molar-refractivity contribution < 1.29 is 4.74 Å². The van der Waals surface area contributed by atoms with Crippen LogP contribution in [0.1, 0.15) is 18.1 Å². The minimum Gasteiger partial charge on any atom is -0.370 e. The minimum atomic E-state index is 0.109. The van der Waals surface area contributed by atoms with Gasteiger partial charge in [-0.1, -0.05) is 0 Å². The van der Waals surface area contributed by atoms with Crippen LogP contribution in [0.5, 0.6) is 0 Å². The maximum Gasteiger partial charge on any atom is 0.227 e. The molecule has 2 aromatic heterocycles.